The molecule has 2 N–H and O–H groups in total. The first-order valence-electron chi connectivity index (χ1n) is 14.5. The fourth-order valence-electron chi connectivity index (χ4n) is 6.12. The number of carbonyl (C=O) groups is 1. The van der Waals surface area contributed by atoms with Crippen molar-refractivity contribution in [1.29, 1.82) is 0 Å². The molecule has 0 saturated carbocycles. The summed E-state index contributed by atoms with van der Waals surface area (Å²) in [4.78, 5) is 20.0. The molecule has 2 unspecified atom stereocenters. The molecular formula is C31H42ClF3N4O3. The lowest BCUT2D eigenvalue weighted by Crippen LogP contribution is -2.57. The lowest BCUT2D eigenvalue weighted by molar-refractivity contribution is -0.262. The van der Waals surface area contributed by atoms with E-state index in [0.29, 0.717) is 41.0 Å². The summed E-state index contributed by atoms with van der Waals surface area (Å²) in [6.45, 7) is 2.13. The van der Waals surface area contributed by atoms with E-state index in [1.165, 1.54) is 17.0 Å². The lowest BCUT2D eigenvalue weighted by Gasteiger charge is -2.40. The van der Waals surface area contributed by atoms with Gasteiger partial charge in [0.15, 0.2) is 0 Å². The molecule has 2 aromatic rings. The van der Waals surface area contributed by atoms with Crippen molar-refractivity contribution in [2.45, 2.75) is 50.1 Å². The van der Waals surface area contributed by atoms with Crippen LogP contribution >= 0.6 is 11.6 Å². The number of rotatable bonds is 8. The molecule has 42 heavy (non-hydrogen) atoms. The van der Waals surface area contributed by atoms with Gasteiger partial charge in [0.05, 0.1) is 0 Å². The molecule has 11 heteroatoms. The number of likely N-dealkylation sites (tertiary alicyclic amines) is 1. The van der Waals surface area contributed by atoms with Crippen molar-refractivity contribution in [2.24, 2.45) is 11.8 Å². The summed E-state index contributed by atoms with van der Waals surface area (Å²) >= 11 is 6.47. The van der Waals surface area contributed by atoms with Gasteiger partial charge in [0.25, 0.3) is 11.5 Å². The fraction of sp³-hybridized carbons (Fsp3) is 0.581. The van der Waals surface area contributed by atoms with Crippen LogP contribution in [-0.2, 0) is 10.4 Å². The van der Waals surface area contributed by atoms with Crippen molar-refractivity contribution < 1.29 is 28.2 Å². The van der Waals surface area contributed by atoms with Crippen LogP contribution < -0.4 is 9.80 Å². The number of anilines is 2. The number of piperidine rings is 2. The normalized spacial score (nSPS) is 19.6. The predicted molar refractivity (Wildman–Crippen MR) is 160 cm³/mol. The van der Waals surface area contributed by atoms with Crippen molar-refractivity contribution in [2.75, 3.05) is 64.2 Å². The summed E-state index contributed by atoms with van der Waals surface area (Å²) in [5, 5.41) is 21.8. The first-order chi connectivity index (χ1) is 19.7. The molecular weight excluding hydrogens is 569 g/mol. The van der Waals surface area contributed by atoms with Gasteiger partial charge in [0.1, 0.15) is 6.23 Å². The van der Waals surface area contributed by atoms with E-state index in [-0.39, 0.29) is 13.1 Å². The number of alkyl halides is 3. The van der Waals surface area contributed by atoms with E-state index in [4.69, 9.17) is 11.6 Å². The van der Waals surface area contributed by atoms with Crippen LogP contribution in [-0.4, -0.2) is 86.5 Å². The molecule has 2 atom stereocenters. The van der Waals surface area contributed by atoms with Crippen LogP contribution in [0.4, 0.5) is 24.5 Å². The third-order valence-corrected chi connectivity index (χ3v) is 9.13. The Kier molecular flexibility index (Phi) is 10.0. The molecule has 0 aliphatic carbocycles. The van der Waals surface area contributed by atoms with Crippen molar-refractivity contribution in [3.05, 3.63) is 58.6 Å². The van der Waals surface area contributed by atoms with Gasteiger partial charge in [-0.15, -0.1) is 0 Å². The number of aliphatic hydroxyl groups excluding tert-OH is 1. The maximum Gasteiger partial charge on any atom is 0.430 e. The molecule has 2 fully saturated rings. The molecule has 4 rings (SSSR count). The van der Waals surface area contributed by atoms with E-state index in [1.54, 1.807) is 44.1 Å². The van der Waals surface area contributed by atoms with Crippen molar-refractivity contribution in [3.8, 4) is 0 Å². The third kappa shape index (κ3) is 6.82. The first kappa shape index (κ1) is 32.4. The van der Waals surface area contributed by atoms with Crippen molar-refractivity contribution >= 4 is 28.9 Å². The highest BCUT2D eigenvalue weighted by atomic mass is 35.5. The second kappa shape index (κ2) is 13.0. The van der Waals surface area contributed by atoms with E-state index in [1.807, 2.05) is 18.2 Å². The Balaban J connectivity index is 1.32. The smallest absolute Gasteiger partial charge is 0.378 e. The van der Waals surface area contributed by atoms with Crippen LogP contribution in [0, 0.1) is 11.8 Å². The number of hydrogen-bond donors (Lipinski definition) is 2. The Labute approximate surface area is 251 Å². The minimum Gasteiger partial charge on any atom is -0.378 e. The summed E-state index contributed by atoms with van der Waals surface area (Å²) in [5.41, 5.74) is -1.90. The topological polar surface area (TPSA) is 70.5 Å². The van der Waals surface area contributed by atoms with Gasteiger partial charge in [0.2, 0.25) is 0 Å². The van der Waals surface area contributed by atoms with Crippen molar-refractivity contribution in [3.63, 3.8) is 0 Å². The molecule has 2 heterocycles. The molecule has 0 spiro atoms. The summed E-state index contributed by atoms with van der Waals surface area (Å²) < 4.78 is 42.7. The van der Waals surface area contributed by atoms with E-state index in [0.717, 1.165) is 44.1 Å². The SMILES string of the molecule is CN(C)c1cccc(C(O)(C(=O)N2CCC(CC3CCN(c4ccc(C(O)N(C)C)c(Cl)c4)CC3)CC2)C(F)(F)F)c1. The Morgan fingerprint density at radius 1 is 0.976 bits per heavy atom. The fourth-order valence-corrected chi connectivity index (χ4v) is 6.39. The second-order valence-corrected chi connectivity index (χ2v) is 12.5. The van der Waals surface area contributed by atoms with Gasteiger partial charge in [-0.2, -0.15) is 13.2 Å². The zero-order valence-electron chi connectivity index (χ0n) is 24.7. The first-order valence-corrected chi connectivity index (χ1v) is 14.9. The molecule has 0 radical (unpaired) electrons. The third-order valence-electron chi connectivity index (χ3n) is 8.80. The molecule has 2 saturated heterocycles. The van der Waals surface area contributed by atoms with Gasteiger partial charge in [0, 0.05) is 67.8 Å². The molecule has 1 amide bonds. The van der Waals surface area contributed by atoms with Crippen LogP contribution in [0.2, 0.25) is 5.02 Å². The Bertz CT molecular complexity index is 1230. The maximum atomic E-state index is 14.2. The number of amides is 1. The number of benzene rings is 2. The number of aliphatic hydroxyl groups is 2. The van der Waals surface area contributed by atoms with Gasteiger partial charge < -0.3 is 24.9 Å². The monoisotopic (exact) mass is 610 g/mol. The summed E-state index contributed by atoms with van der Waals surface area (Å²) in [6, 6.07) is 11.2. The van der Waals surface area contributed by atoms with Crippen LogP contribution in [0.5, 0.6) is 0 Å². The van der Waals surface area contributed by atoms with Gasteiger partial charge in [-0.25, -0.2) is 0 Å². The number of nitrogens with zero attached hydrogens (tertiary/aromatic N) is 4. The van der Waals surface area contributed by atoms with E-state index in [9.17, 15) is 28.2 Å². The van der Waals surface area contributed by atoms with Crippen LogP contribution in [0.1, 0.15) is 49.5 Å². The number of hydrogen-bond acceptors (Lipinski definition) is 6. The van der Waals surface area contributed by atoms with Crippen LogP contribution in [0.25, 0.3) is 0 Å². The summed E-state index contributed by atoms with van der Waals surface area (Å²) in [6.07, 6.45) is -1.74. The van der Waals surface area contributed by atoms with Gasteiger partial charge in [-0.3, -0.25) is 9.69 Å². The average molecular weight is 611 g/mol. The Morgan fingerprint density at radius 2 is 1.57 bits per heavy atom. The van der Waals surface area contributed by atoms with E-state index in [2.05, 4.69) is 4.90 Å². The molecule has 2 aliphatic heterocycles. The minimum absolute atomic E-state index is 0.192. The van der Waals surface area contributed by atoms with Crippen molar-refractivity contribution in [1.82, 2.24) is 9.80 Å². The zero-order chi connectivity index (χ0) is 30.8. The number of carbonyl (C=O) groups excluding carboxylic acids is 1. The quantitative estimate of drug-likeness (QED) is 0.398. The lowest BCUT2D eigenvalue weighted by atomic mass is 9.82. The average Bonchev–Trinajstić information content (AvgIpc) is 2.96. The minimum atomic E-state index is -5.16. The highest BCUT2D eigenvalue weighted by Crippen LogP contribution is 2.42. The van der Waals surface area contributed by atoms with Crippen LogP contribution in [0.15, 0.2) is 42.5 Å². The molecule has 2 aromatic carbocycles. The van der Waals surface area contributed by atoms with Gasteiger partial charge >= 0.3 is 6.18 Å². The summed E-state index contributed by atoms with van der Waals surface area (Å²) in [5.74, 6) is -0.483. The predicted octanol–water partition coefficient (Wildman–Crippen LogP) is 5.25. The molecule has 0 bridgehead atoms. The zero-order valence-corrected chi connectivity index (χ0v) is 25.5. The van der Waals surface area contributed by atoms with E-state index < -0.39 is 29.5 Å². The Morgan fingerprint density at radius 3 is 2.10 bits per heavy atom. The van der Waals surface area contributed by atoms with E-state index >= 15 is 0 Å². The molecule has 7 nitrogen and oxygen atoms in total. The summed E-state index contributed by atoms with van der Waals surface area (Å²) in [7, 11) is 6.95. The highest BCUT2D eigenvalue weighted by Gasteiger charge is 2.62. The second-order valence-electron chi connectivity index (χ2n) is 12.1. The maximum absolute atomic E-state index is 14.2. The Hall–Kier alpha value is -2.53. The largest absolute Gasteiger partial charge is 0.430 e. The molecule has 2 aliphatic rings. The standard InChI is InChI=1S/C31H42ClF3N4O3/c1-36(2)24-7-5-6-23(19-24)30(42,31(33,34)35)29(41)39-16-12-22(13-17-39)18-21-10-14-38(15-11-21)25-8-9-26(27(32)20-25)28(40)37(3)4/h5-9,19-22,28,40,42H,10-18H2,1-4H3. The highest BCUT2D eigenvalue weighted by molar-refractivity contribution is 6.31. The van der Waals surface area contributed by atoms with Crippen LogP contribution in [0.3, 0.4) is 0 Å². The molecule has 232 valence electrons. The van der Waals surface area contributed by atoms with Gasteiger partial charge in [-0.05, 0) is 82.3 Å². The van der Waals surface area contributed by atoms with Gasteiger partial charge in [-0.1, -0.05) is 29.8 Å². The number of halogens is 4. The molecule has 0 aromatic heterocycles.